The highest BCUT2D eigenvalue weighted by atomic mass is 16.2. The maximum absolute atomic E-state index is 13.0. The topological polar surface area (TPSA) is 73.8 Å². The van der Waals surface area contributed by atoms with Crippen LogP contribution >= 0.6 is 0 Å². The van der Waals surface area contributed by atoms with Crippen molar-refractivity contribution in [2.24, 2.45) is 5.10 Å². The summed E-state index contributed by atoms with van der Waals surface area (Å²) >= 11 is 0. The van der Waals surface area contributed by atoms with Crippen molar-refractivity contribution in [3.05, 3.63) is 102 Å². The van der Waals surface area contributed by atoms with Gasteiger partial charge in [-0.2, -0.15) is 5.10 Å². The molecule has 0 aromatic heterocycles. The number of nitrogens with one attached hydrogen (secondary N) is 2. The van der Waals surface area contributed by atoms with Gasteiger partial charge in [0, 0.05) is 19.8 Å². The van der Waals surface area contributed by atoms with Crippen molar-refractivity contribution in [3.8, 4) is 0 Å². The molecule has 0 heterocycles. The minimum atomic E-state index is -0.495. The molecule has 3 aromatic rings. The van der Waals surface area contributed by atoms with Crippen molar-refractivity contribution in [1.82, 2.24) is 10.7 Å². The van der Waals surface area contributed by atoms with Crippen LogP contribution in [-0.2, 0) is 9.59 Å². The predicted molar refractivity (Wildman–Crippen MR) is 129 cm³/mol. The third-order valence-electron chi connectivity index (χ3n) is 5.10. The number of anilines is 1. The van der Waals surface area contributed by atoms with Crippen LogP contribution in [0.1, 0.15) is 29.5 Å². The van der Waals surface area contributed by atoms with E-state index in [0.29, 0.717) is 5.71 Å². The molecule has 0 saturated heterocycles. The lowest BCUT2D eigenvalue weighted by Crippen LogP contribution is -2.38. The third-order valence-corrected chi connectivity index (χ3v) is 5.10. The quantitative estimate of drug-likeness (QED) is 0.426. The van der Waals surface area contributed by atoms with E-state index in [2.05, 4.69) is 15.8 Å². The van der Waals surface area contributed by atoms with Gasteiger partial charge in [-0.3, -0.25) is 9.59 Å². The summed E-state index contributed by atoms with van der Waals surface area (Å²) < 4.78 is 0. The largest absolute Gasteiger partial charge is 0.378 e. The minimum Gasteiger partial charge on any atom is -0.378 e. The molecule has 3 rings (SSSR count). The van der Waals surface area contributed by atoms with Crippen LogP contribution in [-0.4, -0.2) is 38.2 Å². The Labute approximate surface area is 189 Å². The van der Waals surface area contributed by atoms with Gasteiger partial charge in [-0.25, -0.2) is 5.43 Å². The molecular formula is C26H28N4O2. The molecule has 0 aliphatic carbocycles. The molecule has 3 aromatic carbocycles. The monoisotopic (exact) mass is 428 g/mol. The molecule has 2 amide bonds. The van der Waals surface area contributed by atoms with Gasteiger partial charge in [0.05, 0.1) is 18.2 Å². The van der Waals surface area contributed by atoms with Crippen molar-refractivity contribution >= 4 is 23.2 Å². The zero-order valence-electron chi connectivity index (χ0n) is 18.6. The summed E-state index contributed by atoms with van der Waals surface area (Å²) in [6.45, 7) is 1.66. The lowest BCUT2D eigenvalue weighted by molar-refractivity contribution is -0.126. The number of carbonyl (C=O) groups is 2. The van der Waals surface area contributed by atoms with E-state index in [-0.39, 0.29) is 18.4 Å². The van der Waals surface area contributed by atoms with E-state index in [0.717, 1.165) is 22.4 Å². The van der Waals surface area contributed by atoms with E-state index in [1.165, 1.54) is 0 Å². The van der Waals surface area contributed by atoms with Crippen LogP contribution in [0.4, 0.5) is 5.69 Å². The first-order valence-corrected chi connectivity index (χ1v) is 10.4. The number of hydrogen-bond donors (Lipinski definition) is 2. The Morgan fingerprint density at radius 3 is 1.88 bits per heavy atom. The van der Waals surface area contributed by atoms with Crippen molar-refractivity contribution in [1.29, 1.82) is 0 Å². The fraction of sp³-hybridized carbons (Fsp3) is 0.192. The van der Waals surface area contributed by atoms with Gasteiger partial charge in [0.2, 0.25) is 5.91 Å². The van der Waals surface area contributed by atoms with Gasteiger partial charge in [-0.15, -0.1) is 0 Å². The highest BCUT2D eigenvalue weighted by Crippen LogP contribution is 2.24. The summed E-state index contributed by atoms with van der Waals surface area (Å²) in [4.78, 5) is 27.3. The number of hydrazone groups is 1. The minimum absolute atomic E-state index is 0.161. The van der Waals surface area contributed by atoms with E-state index in [9.17, 15) is 9.59 Å². The van der Waals surface area contributed by atoms with E-state index in [1.807, 2.05) is 111 Å². The van der Waals surface area contributed by atoms with E-state index in [4.69, 9.17) is 0 Å². The lowest BCUT2D eigenvalue weighted by atomic mass is 9.90. The summed E-state index contributed by atoms with van der Waals surface area (Å²) in [6, 6.07) is 26.9. The van der Waals surface area contributed by atoms with Gasteiger partial charge in [-0.05, 0) is 35.7 Å². The Kier molecular flexibility index (Phi) is 7.75. The SMILES string of the molecule is C/C(=N\NC(=O)CNC(=O)C(c1ccccc1)c1ccccc1)c1ccc(N(C)C)cc1. The molecule has 0 fully saturated rings. The zero-order chi connectivity index (χ0) is 22.9. The first-order valence-electron chi connectivity index (χ1n) is 10.4. The number of amides is 2. The summed E-state index contributed by atoms with van der Waals surface area (Å²) in [5.74, 6) is -1.12. The van der Waals surface area contributed by atoms with E-state index >= 15 is 0 Å². The molecular weight excluding hydrogens is 400 g/mol. The third kappa shape index (κ3) is 6.04. The molecule has 0 aliphatic rings. The summed E-state index contributed by atoms with van der Waals surface area (Å²) in [6.07, 6.45) is 0. The standard InChI is InChI=1S/C26H28N4O2/c1-19(20-14-16-23(17-15-20)30(2)3)28-29-24(31)18-27-26(32)25(21-10-6-4-7-11-21)22-12-8-5-9-13-22/h4-17,25H,18H2,1-3H3,(H,27,32)(H,29,31)/b28-19+. The molecule has 0 unspecified atom stereocenters. The average molecular weight is 429 g/mol. The molecule has 164 valence electrons. The second-order valence-corrected chi connectivity index (χ2v) is 7.65. The zero-order valence-corrected chi connectivity index (χ0v) is 18.6. The van der Waals surface area contributed by atoms with Crippen molar-refractivity contribution in [3.63, 3.8) is 0 Å². The second-order valence-electron chi connectivity index (χ2n) is 7.65. The normalized spacial score (nSPS) is 11.2. The van der Waals surface area contributed by atoms with Crippen LogP contribution in [0.25, 0.3) is 0 Å². The van der Waals surface area contributed by atoms with Gasteiger partial charge < -0.3 is 10.2 Å². The highest BCUT2D eigenvalue weighted by Gasteiger charge is 2.22. The molecule has 2 N–H and O–H groups in total. The molecule has 0 saturated carbocycles. The summed E-state index contributed by atoms with van der Waals surface area (Å²) in [5, 5.41) is 6.90. The molecule has 6 nitrogen and oxygen atoms in total. The van der Waals surface area contributed by atoms with E-state index in [1.54, 1.807) is 0 Å². The smallest absolute Gasteiger partial charge is 0.259 e. The molecule has 0 radical (unpaired) electrons. The number of rotatable bonds is 8. The Morgan fingerprint density at radius 2 is 1.38 bits per heavy atom. The average Bonchev–Trinajstić information content (AvgIpc) is 2.82. The van der Waals surface area contributed by atoms with Crippen LogP contribution in [0.2, 0.25) is 0 Å². The highest BCUT2D eigenvalue weighted by molar-refractivity contribution is 5.99. The molecule has 6 heteroatoms. The first kappa shape index (κ1) is 22.7. The maximum Gasteiger partial charge on any atom is 0.259 e. The number of nitrogens with zero attached hydrogens (tertiary/aromatic N) is 2. The van der Waals surface area contributed by atoms with Crippen LogP contribution in [0.3, 0.4) is 0 Å². The van der Waals surface area contributed by atoms with Crippen molar-refractivity contribution in [2.45, 2.75) is 12.8 Å². The Bertz CT molecular complexity index is 1020. The molecule has 0 aliphatic heterocycles. The predicted octanol–water partition coefficient (Wildman–Crippen LogP) is 3.54. The molecule has 0 bridgehead atoms. The first-order chi connectivity index (χ1) is 15.5. The van der Waals surface area contributed by atoms with Crippen LogP contribution < -0.4 is 15.6 Å². The number of hydrogen-bond acceptors (Lipinski definition) is 4. The molecule has 32 heavy (non-hydrogen) atoms. The lowest BCUT2D eigenvalue weighted by Gasteiger charge is -2.17. The summed E-state index contributed by atoms with van der Waals surface area (Å²) in [7, 11) is 3.95. The maximum atomic E-state index is 13.0. The number of benzene rings is 3. The number of carbonyl (C=O) groups excluding carboxylic acids is 2. The van der Waals surface area contributed by atoms with Crippen LogP contribution in [0.15, 0.2) is 90.0 Å². The fourth-order valence-corrected chi connectivity index (χ4v) is 3.31. The van der Waals surface area contributed by atoms with Gasteiger partial charge >= 0.3 is 0 Å². The van der Waals surface area contributed by atoms with Gasteiger partial charge in [-0.1, -0.05) is 72.8 Å². The Balaban J connectivity index is 1.61. The Hall–Kier alpha value is -3.93. The van der Waals surface area contributed by atoms with Crippen LogP contribution in [0, 0.1) is 0 Å². The van der Waals surface area contributed by atoms with Gasteiger partial charge in [0.1, 0.15) is 0 Å². The van der Waals surface area contributed by atoms with Gasteiger partial charge in [0.25, 0.3) is 5.91 Å². The van der Waals surface area contributed by atoms with Gasteiger partial charge in [0.15, 0.2) is 0 Å². The van der Waals surface area contributed by atoms with Crippen LogP contribution in [0.5, 0.6) is 0 Å². The second kappa shape index (κ2) is 10.9. The van der Waals surface area contributed by atoms with Crippen molar-refractivity contribution < 1.29 is 9.59 Å². The fourth-order valence-electron chi connectivity index (χ4n) is 3.31. The Morgan fingerprint density at radius 1 is 0.844 bits per heavy atom. The molecule has 0 spiro atoms. The summed E-state index contributed by atoms with van der Waals surface area (Å²) in [5.41, 5.74) is 6.93. The van der Waals surface area contributed by atoms with Crippen molar-refractivity contribution in [2.75, 3.05) is 25.5 Å². The van der Waals surface area contributed by atoms with E-state index < -0.39 is 5.92 Å². The molecule has 0 atom stereocenters.